The van der Waals surface area contributed by atoms with E-state index in [-0.39, 0.29) is 48.4 Å². The van der Waals surface area contributed by atoms with E-state index in [1.165, 1.54) is 13.0 Å². The molecule has 2 aliphatic rings. The summed E-state index contributed by atoms with van der Waals surface area (Å²) in [6, 6.07) is 14.5. The molecule has 218 valence electrons. The van der Waals surface area contributed by atoms with Crippen LogP contribution in [0.1, 0.15) is 44.6 Å². The molecule has 1 unspecified atom stereocenters. The molecule has 2 aromatic carbocycles. The SMILES string of the molecule is COC(=O)C1=C(C)NC(=O)NC1N(C(=O)CCNC1CCC(C#N)(c2ccccc2)CC1)c1ccc(F)c(F)c1.Cl. The van der Waals surface area contributed by atoms with Gasteiger partial charge in [0.25, 0.3) is 0 Å². The Morgan fingerprint density at radius 2 is 1.83 bits per heavy atom. The minimum Gasteiger partial charge on any atom is -0.465 e. The smallest absolute Gasteiger partial charge is 0.339 e. The molecule has 12 heteroatoms. The van der Waals surface area contributed by atoms with E-state index >= 15 is 0 Å². The number of hydrogen-bond donors (Lipinski definition) is 3. The summed E-state index contributed by atoms with van der Waals surface area (Å²) >= 11 is 0. The zero-order chi connectivity index (χ0) is 28.9. The highest BCUT2D eigenvalue weighted by Gasteiger charge is 2.39. The Bertz CT molecular complexity index is 1360. The van der Waals surface area contributed by atoms with Crippen LogP contribution < -0.4 is 20.9 Å². The third kappa shape index (κ3) is 6.84. The van der Waals surface area contributed by atoms with Crippen molar-refractivity contribution in [2.24, 2.45) is 0 Å². The lowest BCUT2D eigenvalue weighted by Gasteiger charge is -2.37. The Labute approximate surface area is 243 Å². The largest absolute Gasteiger partial charge is 0.465 e. The molecule has 3 N–H and O–H groups in total. The van der Waals surface area contributed by atoms with Gasteiger partial charge >= 0.3 is 12.0 Å². The molecule has 0 saturated heterocycles. The highest BCUT2D eigenvalue weighted by atomic mass is 35.5. The Hall–Kier alpha value is -4.01. The summed E-state index contributed by atoms with van der Waals surface area (Å²) in [7, 11) is 1.16. The van der Waals surface area contributed by atoms with Crippen molar-refractivity contribution in [3.05, 3.63) is 77.0 Å². The van der Waals surface area contributed by atoms with E-state index in [9.17, 15) is 28.4 Å². The predicted molar refractivity (Wildman–Crippen MR) is 150 cm³/mol. The predicted octanol–water partition coefficient (Wildman–Crippen LogP) is 4.19. The first-order valence-electron chi connectivity index (χ1n) is 13.0. The number of carbonyl (C=O) groups excluding carboxylic acids is 3. The minimum atomic E-state index is -1.31. The molecule has 1 saturated carbocycles. The van der Waals surface area contributed by atoms with E-state index in [0.29, 0.717) is 12.8 Å². The summed E-state index contributed by atoms with van der Waals surface area (Å²) < 4.78 is 32.8. The number of ether oxygens (including phenoxy) is 1. The van der Waals surface area contributed by atoms with Crippen molar-refractivity contribution < 1.29 is 27.9 Å². The molecule has 4 rings (SSSR count). The van der Waals surface area contributed by atoms with Gasteiger partial charge in [0.1, 0.15) is 6.17 Å². The summed E-state index contributed by atoms with van der Waals surface area (Å²) in [5.41, 5.74) is 0.544. The Kier molecular flexibility index (Phi) is 10.4. The summed E-state index contributed by atoms with van der Waals surface area (Å²) in [4.78, 5) is 39.5. The maximum absolute atomic E-state index is 14.2. The van der Waals surface area contributed by atoms with Crippen LogP contribution in [-0.4, -0.2) is 43.8 Å². The first kappa shape index (κ1) is 31.5. The lowest BCUT2D eigenvalue weighted by atomic mass is 9.69. The van der Waals surface area contributed by atoms with Crippen molar-refractivity contribution in [2.75, 3.05) is 18.6 Å². The third-order valence-corrected chi connectivity index (χ3v) is 7.51. The third-order valence-electron chi connectivity index (χ3n) is 7.51. The van der Waals surface area contributed by atoms with Gasteiger partial charge in [-0.25, -0.2) is 18.4 Å². The van der Waals surface area contributed by atoms with Gasteiger partial charge in [-0.3, -0.25) is 9.69 Å². The van der Waals surface area contributed by atoms with Crippen LogP contribution in [0.2, 0.25) is 0 Å². The van der Waals surface area contributed by atoms with Crippen molar-refractivity contribution in [2.45, 2.75) is 56.7 Å². The number of nitrogens with one attached hydrogen (secondary N) is 3. The number of carbonyl (C=O) groups is 3. The monoisotopic (exact) mass is 587 g/mol. The average molecular weight is 588 g/mol. The van der Waals surface area contributed by atoms with Crippen molar-refractivity contribution >= 4 is 36.0 Å². The molecule has 1 aliphatic heterocycles. The molecule has 3 amide bonds. The van der Waals surface area contributed by atoms with Gasteiger partial charge in [0, 0.05) is 36.5 Å². The van der Waals surface area contributed by atoms with E-state index in [4.69, 9.17) is 4.74 Å². The van der Waals surface area contributed by atoms with Crippen molar-refractivity contribution in [3.63, 3.8) is 0 Å². The lowest BCUT2D eigenvalue weighted by molar-refractivity contribution is -0.136. The number of anilines is 1. The van der Waals surface area contributed by atoms with Crippen LogP contribution >= 0.6 is 12.4 Å². The number of urea groups is 1. The molecule has 9 nitrogen and oxygen atoms in total. The fourth-order valence-corrected chi connectivity index (χ4v) is 5.36. The first-order valence-corrected chi connectivity index (χ1v) is 13.0. The van der Waals surface area contributed by atoms with Crippen LogP contribution in [0.15, 0.2) is 59.8 Å². The zero-order valence-corrected chi connectivity index (χ0v) is 23.5. The van der Waals surface area contributed by atoms with E-state index in [2.05, 4.69) is 22.0 Å². The van der Waals surface area contributed by atoms with Crippen molar-refractivity contribution in [1.29, 1.82) is 5.26 Å². The maximum Gasteiger partial charge on any atom is 0.339 e. The van der Waals surface area contributed by atoms with Crippen LogP contribution in [0.3, 0.4) is 0 Å². The molecule has 1 aliphatic carbocycles. The molecule has 1 atom stereocenters. The molecule has 0 radical (unpaired) electrons. The van der Waals surface area contributed by atoms with Gasteiger partial charge in [0.05, 0.1) is 24.2 Å². The standard InChI is InChI=1S/C29H31F2N5O4.ClH/c1-18-25(27(38)40-2)26(35-28(39)34-18)36(21-8-9-22(30)23(31)16-21)24(37)12-15-33-20-10-13-29(17-32,14-11-20)19-6-4-3-5-7-19;/h3-9,16,20,26,33H,10-15H2,1-2H3,(H2,34,35,39);1H. The molecule has 1 heterocycles. The van der Waals surface area contributed by atoms with Crippen LogP contribution in [-0.2, 0) is 19.7 Å². The minimum absolute atomic E-state index is 0. The molecule has 2 aromatic rings. The normalized spacial score (nSPS) is 22.0. The first-order chi connectivity index (χ1) is 19.2. The second kappa shape index (κ2) is 13.6. The summed E-state index contributed by atoms with van der Waals surface area (Å²) in [6.45, 7) is 1.73. The number of hydrogen-bond acceptors (Lipinski definition) is 6. The van der Waals surface area contributed by atoms with E-state index < -0.39 is 41.1 Å². The van der Waals surface area contributed by atoms with Crippen molar-refractivity contribution in [1.82, 2.24) is 16.0 Å². The molecule has 0 aromatic heterocycles. The average Bonchev–Trinajstić information content (AvgIpc) is 2.95. The van der Waals surface area contributed by atoms with Crippen molar-refractivity contribution in [3.8, 4) is 6.07 Å². The van der Waals surface area contributed by atoms with Gasteiger partial charge < -0.3 is 20.7 Å². The van der Waals surface area contributed by atoms with Gasteiger partial charge in [-0.15, -0.1) is 12.4 Å². The topological polar surface area (TPSA) is 124 Å². The second-order valence-corrected chi connectivity index (χ2v) is 9.93. The molecular weight excluding hydrogens is 556 g/mol. The molecule has 0 bridgehead atoms. The number of benzene rings is 2. The van der Waals surface area contributed by atoms with Crippen LogP contribution in [0.5, 0.6) is 0 Å². The highest BCUT2D eigenvalue weighted by Crippen LogP contribution is 2.39. The fraction of sp³-hybridized carbons (Fsp3) is 0.379. The molecule has 0 spiro atoms. The Morgan fingerprint density at radius 1 is 1.15 bits per heavy atom. The number of esters is 1. The van der Waals surface area contributed by atoms with E-state index in [0.717, 1.165) is 42.5 Å². The van der Waals surface area contributed by atoms with Gasteiger partial charge in [0.2, 0.25) is 5.91 Å². The van der Waals surface area contributed by atoms with E-state index in [1.807, 2.05) is 30.3 Å². The van der Waals surface area contributed by atoms with Gasteiger partial charge in [-0.1, -0.05) is 30.3 Å². The summed E-state index contributed by atoms with van der Waals surface area (Å²) in [6.07, 6.45) is 1.45. The number of allylic oxidation sites excluding steroid dienone is 1. The number of amides is 3. The highest BCUT2D eigenvalue weighted by molar-refractivity contribution is 6.01. The van der Waals surface area contributed by atoms with Crippen LogP contribution in [0, 0.1) is 23.0 Å². The van der Waals surface area contributed by atoms with Gasteiger partial charge in [-0.2, -0.15) is 5.26 Å². The maximum atomic E-state index is 14.2. The zero-order valence-electron chi connectivity index (χ0n) is 22.7. The van der Waals surface area contributed by atoms with E-state index in [1.54, 1.807) is 0 Å². The summed E-state index contributed by atoms with van der Waals surface area (Å²) in [5, 5.41) is 18.3. The Morgan fingerprint density at radius 3 is 2.44 bits per heavy atom. The number of nitriles is 1. The fourth-order valence-electron chi connectivity index (χ4n) is 5.36. The van der Waals surface area contributed by atoms with Gasteiger partial charge in [0.15, 0.2) is 11.6 Å². The van der Waals surface area contributed by atoms with Crippen LogP contribution in [0.4, 0.5) is 19.3 Å². The molecular formula is C29H32ClF2N5O4. The number of methoxy groups -OCH3 is 1. The lowest BCUT2D eigenvalue weighted by Crippen LogP contribution is -2.59. The molecule has 1 fully saturated rings. The molecule has 41 heavy (non-hydrogen) atoms. The second-order valence-electron chi connectivity index (χ2n) is 9.93. The number of rotatable bonds is 8. The van der Waals surface area contributed by atoms with Crippen LogP contribution in [0.25, 0.3) is 0 Å². The number of nitrogens with zero attached hydrogens (tertiary/aromatic N) is 2. The quantitative estimate of drug-likeness (QED) is 0.398. The van der Waals surface area contributed by atoms with Gasteiger partial charge in [-0.05, 0) is 50.3 Å². The Balaban J connectivity index is 0.00000462. The number of halogens is 3. The summed E-state index contributed by atoms with van der Waals surface area (Å²) in [5.74, 6) is -3.62.